The third-order valence-corrected chi connectivity index (χ3v) is 6.92. The number of fused-ring (bicyclic) bond motifs is 1. The molecule has 2 aromatic rings. The Morgan fingerprint density at radius 3 is 2.26 bits per heavy atom. The van der Waals surface area contributed by atoms with E-state index in [4.69, 9.17) is 33.5 Å². The highest BCUT2D eigenvalue weighted by molar-refractivity contribution is 7.48. The molecule has 0 saturated carbocycles. The lowest BCUT2D eigenvalue weighted by molar-refractivity contribution is -0.0792. The van der Waals surface area contributed by atoms with Crippen molar-refractivity contribution in [2.45, 2.75) is 70.3 Å². The number of phosphoric acid groups is 1. The first-order chi connectivity index (χ1) is 19.7. The van der Waals surface area contributed by atoms with Gasteiger partial charge in [-0.25, -0.2) is 42.1 Å². The summed E-state index contributed by atoms with van der Waals surface area (Å²) in [6.07, 6.45) is -5.01. The molecule has 0 aromatic carbocycles. The molecule has 0 aliphatic carbocycles. The van der Waals surface area contributed by atoms with E-state index in [1.165, 1.54) is 0 Å². The van der Waals surface area contributed by atoms with Crippen molar-refractivity contribution in [3.05, 3.63) is 18.2 Å². The average molecular weight is 620 g/mol. The van der Waals surface area contributed by atoms with Crippen LogP contribution in [-0.4, -0.2) is 87.3 Å². The van der Waals surface area contributed by atoms with E-state index < -0.39 is 76.0 Å². The maximum Gasteiger partial charge on any atom is 0.510 e. The second-order valence-corrected chi connectivity index (χ2v) is 11.0. The smallest absolute Gasteiger partial charge is 0.432 e. The number of nitriles is 1. The van der Waals surface area contributed by atoms with Crippen molar-refractivity contribution in [1.82, 2.24) is 19.6 Å². The van der Waals surface area contributed by atoms with Gasteiger partial charge in [0.1, 0.15) is 30.3 Å². The van der Waals surface area contributed by atoms with Crippen LogP contribution in [0.15, 0.2) is 12.5 Å². The zero-order valence-electron chi connectivity index (χ0n) is 23.2. The van der Waals surface area contributed by atoms with Crippen LogP contribution in [0.3, 0.4) is 0 Å². The number of aliphatic hydroxyl groups is 1. The van der Waals surface area contributed by atoms with Crippen molar-refractivity contribution < 1.29 is 60.9 Å². The third kappa shape index (κ3) is 7.03. The number of ether oxygens (including phenoxy) is 5. The van der Waals surface area contributed by atoms with Crippen molar-refractivity contribution >= 4 is 31.6 Å². The highest BCUT2D eigenvalue weighted by Gasteiger charge is 2.67. The molecule has 0 unspecified atom stereocenters. The number of hydrogen-bond acceptors (Lipinski definition) is 17. The van der Waals surface area contributed by atoms with Gasteiger partial charge in [0.05, 0.1) is 25.0 Å². The minimum absolute atomic E-state index is 0.00555. The predicted octanol–water partition coefficient (Wildman–Crippen LogP) is 2.11. The number of aliphatic hydroxyl groups excluding tert-OH is 1. The number of halogens is 1. The van der Waals surface area contributed by atoms with E-state index in [1.54, 1.807) is 33.8 Å². The van der Waals surface area contributed by atoms with Crippen LogP contribution in [0.5, 0.6) is 0 Å². The molecule has 0 radical (unpaired) electrons. The molecule has 0 amide bonds. The molecule has 42 heavy (non-hydrogen) atoms. The zero-order chi connectivity index (χ0) is 31.3. The molecule has 0 bridgehead atoms. The van der Waals surface area contributed by atoms with Gasteiger partial charge in [-0.2, -0.15) is 10.4 Å². The van der Waals surface area contributed by atoms with Crippen molar-refractivity contribution in [2.24, 2.45) is 0 Å². The monoisotopic (exact) mass is 620 g/mol. The van der Waals surface area contributed by atoms with Crippen LogP contribution >= 0.6 is 7.82 Å². The van der Waals surface area contributed by atoms with Crippen molar-refractivity contribution in [3.63, 3.8) is 0 Å². The van der Waals surface area contributed by atoms with Crippen LogP contribution in [0.4, 0.5) is 19.8 Å². The summed E-state index contributed by atoms with van der Waals surface area (Å²) in [6, 6.07) is 1.71. The largest absolute Gasteiger partial charge is 0.510 e. The number of imidazole rings is 1. The topological polar surface area (TPSA) is 238 Å². The van der Waals surface area contributed by atoms with E-state index in [0.29, 0.717) is 0 Å². The normalized spacial score (nSPS) is 24.1. The Hall–Kier alpha value is -3.66. The summed E-state index contributed by atoms with van der Waals surface area (Å²) in [6.45, 7) is 4.17. The first-order valence-corrected chi connectivity index (χ1v) is 13.7. The molecule has 3 rings (SSSR count). The lowest BCUT2D eigenvalue weighted by atomic mass is 9.82. The minimum atomic E-state index is -4.79. The van der Waals surface area contributed by atoms with Crippen LogP contribution < -0.4 is 5.73 Å². The fraction of sp³-hybridized carbons (Fsp3) is 0.636. The lowest BCUT2D eigenvalue weighted by Gasteiger charge is -2.30. The Labute approximate surface area is 238 Å². The Balaban J connectivity index is 1.78. The Kier molecular flexibility index (Phi) is 10.3. The van der Waals surface area contributed by atoms with Gasteiger partial charge in [0.2, 0.25) is 19.2 Å². The summed E-state index contributed by atoms with van der Waals surface area (Å²) in [5.41, 5.74) is 0.211. The summed E-state index contributed by atoms with van der Waals surface area (Å²) in [4.78, 5) is 31.0. The van der Waals surface area contributed by atoms with Gasteiger partial charge in [-0.05, 0) is 34.6 Å². The quantitative estimate of drug-likeness (QED) is 0.196. The zero-order valence-corrected chi connectivity index (χ0v) is 24.1. The number of phosphoric ester groups is 1. The molecule has 1 aliphatic heterocycles. The maximum atomic E-state index is 16.1. The van der Waals surface area contributed by atoms with Gasteiger partial charge < -0.3 is 34.5 Å². The Morgan fingerprint density at radius 2 is 1.74 bits per heavy atom. The summed E-state index contributed by atoms with van der Waals surface area (Å²) in [5.74, 6) is -0.0717. The van der Waals surface area contributed by atoms with E-state index in [9.17, 15) is 24.5 Å². The molecule has 18 nitrogen and oxygen atoms in total. The van der Waals surface area contributed by atoms with E-state index in [1.807, 2.05) is 0 Å². The number of hydrogen-bond donors (Lipinski definition) is 2. The second-order valence-electron chi connectivity index (χ2n) is 9.35. The molecule has 2 aromatic heterocycles. The second kappa shape index (κ2) is 13.1. The number of anilines is 1. The first-order valence-electron chi connectivity index (χ1n) is 12.3. The number of carbonyl (C=O) groups excluding carboxylic acids is 2. The fourth-order valence-electron chi connectivity index (χ4n) is 3.68. The van der Waals surface area contributed by atoms with Gasteiger partial charge in [-0.1, -0.05) is 0 Å². The standard InChI is InChI=1S/C22H30FN6O12P/c1-12(2)39-19(31)34-10-37-42(33,38-11-35-20(32)40-13(3)4)36-7-14-16(30)21(5,23)22(8-24,41-14)15-6-26-18-17(25)27-9-28-29(15)18/h6,9,12-14,16,30H,7,10-11H2,1-5H3,(H2,25,27,28)/t14-,16-,21-,22+/m1/s1. The van der Waals surface area contributed by atoms with E-state index >= 15 is 4.39 Å². The number of carbonyl (C=O) groups is 2. The third-order valence-electron chi connectivity index (χ3n) is 5.61. The molecule has 3 heterocycles. The molecule has 4 atom stereocenters. The van der Waals surface area contributed by atoms with E-state index in [2.05, 4.69) is 24.5 Å². The van der Waals surface area contributed by atoms with Crippen LogP contribution in [0.1, 0.15) is 40.3 Å². The molecular weight excluding hydrogens is 590 g/mol. The predicted molar refractivity (Wildman–Crippen MR) is 134 cm³/mol. The molecule has 1 saturated heterocycles. The van der Waals surface area contributed by atoms with Gasteiger partial charge in [-0.3, -0.25) is 4.52 Å². The molecular formula is C22H30FN6O12P. The number of alkyl halides is 1. The first kappa shape index (κ1) is 32.8. The van der Waals surface area contributed by atoms with Gasteiger partial charge in [0.25, 0.3) is 0 Å². The van der Waals surface area contributed by atoms with Gasteiger partial charge in [-0.15, -0.1) is 0 Å². The summed E-state index contributed by atoms with van der Waals surface area (Å²) in [7, 11) is -4.79. The van der Waals surface area contributed by atoms with Crippen molar-refractivity contribution in [2.75, 3.05) is 25.9 Å². The molecule has 3 N–H and O–H groups in total. The van der Waals surface area contributed by atoms with Gasteiger partial charge in [0.15, 0.2) is 17.1 Å². The average Bonchev–Trinajstić information content (AvgIpc) is 3.41. The number of nitrogen functional groups attached to an aromatic ring is 1. The highest BCUT2D eigenvalue weighted by Crippen LogP contribution is 2.53. The number of nitrogens with two attached hydrogens (primary N) is 1. The van der Waals surface area contributed by atoms with E-state index in [0.717, 1.165) is 24.0 Å². The Morgan fingerprint density at radius 1 is 1.17 bits per heavy atom. The number of nitrogens with zero attached hydrogens (tertiary/aromatic N) is 5. The van der Waals surface area contributed by atoms with E-state index in [-0.39, 0.29) is 17.2 Å². The van der Waals surface area contributed by atoms with Crippen molar-refractivity contribution in [3.8, 4) is 6.07 Å². The lowest BCUT2D eigenvalue weighted by Crippen LogP contribution is -2.48. The Bertz CT molecular complexity index is 1340. The fourth-order valence-corrected chi connectivity index (χ4v) is 4.59. The highest BCUT2D eigenvalue weighted by atomic mass is 31.2. The summed E-state index contributed by atoms with van der Waals surface area (Å²) < 4.78 is 69.9. The van der Waals surface area contributed by atoms with Crippen LogP contribution in [0.25, 0.3) is 5.65 Å². The molecule has 0 spiro atoms. The minimum Gasteiger partial charge on any atom is -0.432 e. The molecule has 1 aliphatic rings. The summed E-state index contributed by atoms with van der Waals surface area (Å²) >= 11 is 0. The van der Waals surface area contributed by atoms with Crippen molar-refractivity contribution in [1.29, 1.82) is 5.26 Å². The number of rotatable bonds is 12. The molecule has 1 fully saturated rings. The number of aromatic nitrogens is 4. The molecule has 232 valence electrons. The van der Waals surface area contributed by atoms with Gasteiger partial charge >= 0.3 is 20.1 Å². The van der Waals surface area contributed by atoms with Crippen LogP contribution in [-0.2, 0) is 47.4 Å². The SMILES string of the molecule is CC(C)OC(=O)OCOP(=O)(OCOC(=O)OC(C)C)OC[C@H]1O[C@@](C#N)(c2cnc3c(N)ncnn23)[C@](C)(F)[C@@H]1O. The molecule has 20 heteroatoms. The maximum absolute atomic E-state index is 16.1. The van der Waals surface area contributed by atoms with Crippen LogP contribution in [0.2, 0.25) is 0 Å². The summed E-state index contributed by atoms with van der Waals surface area (Å²) in [5, 5.41) is 24.8. The van der Waals surface area contributed by atoms with Crippen LogP contribution in [0, 0.1) is 11.3 Å². The van der Waals surface area contributed by atoms with Gasteiger partial charge in [0, 0.05) is 0 Å².